The van der Waals surface area contributed by atoms with Crippen molar-refractivity contribution in [2.75, 3.05) is 5.75 Å². The molecule has 40 valence electrons. The van der Waals surface area contributed by atoms with Crippen molar-refractivity contribution in [1.29, 1.82) is 0 Å². The fraction of sp³-hybridized carbons (Fsp3) is 0.667. The zero-order valence-electron chi connectivity index (χ0n) is 3.55. The Morgan fingerprint density at radius 2 is 2.43 bits per heavy atom. The van der Waals surface area contributed by atoms with Crippen LogP contribution in [0.4, 0.5) is 0 Å². The van der Waals surface area contributed by atoms with Gasteiger partial charge in [-0.2, -0.15) is 0 Å². The summed E-state index contributed by atoms with van der Waals surface area (Å²) in [6.07, 6.45) is 0.312. The Morgan fingerprint density at radius 1 is 1.71 bits per heavy atom. The lowest BCUT2D eigenvalue weighted by molar-refractivity contribution is -0.131. The summed E-state index contributed by atoms with van der Waals surface area (Å²) < 4.78 is 14.3. The van der Waals surface area contributed by atoms with Gasteiger partial charge in [-0.1, -0.05) is 0 Å². The number of carbonyl (C=O) groups is 1. The Labute approximate surface area is 43.3 Å². The van der Waals surface area contributed by atoms with Crippen LogP contribution in [0.3, 0.4) is 0 Å². The maximum absolute atomic E-state index is 10.1. The fourth-order valence-electron chi connectivity index (χ4n) is 0.354. The van der Waals surface area contributed by atoms with Crippen LogP contribution in [0.1, 0.15) is 6.42 Å². The molecule has 7 heavy (non-hydrogen) atoms. The highest BCUT2D eigenvalue weighted by atomic mass is 32.2. The van der Waals surface area contributed by atoms with Gasteiger partial charge in [0, 0.05) is 0 Å². The molecule has 1 rings (SSSR count). The maximum atomic E-state index is 10.1. The van der Waals surface area contributed by atoms with Crippen molar-refractivity contribution in [2.45, 2.75) is 6.42 Å². The van der Waals surface area contributed by atoms with Gasteiger partial charge in [0.2, 0.25) is 11.1 Å². The van der Waals surface area contributed by atoms with E-state index in [9.17, 15) is 9.00 Å². The minimum Gasteiger partial charge on any atom is -0.364 e. The highest BCUT2D eigenvalue weighted by Gasteiger charge is 2.17. The number of hydrogen-bond acceptors (Lipinski definition) is 3. The fourth-order valence-corrected chi connectivity index (χ4v) is 1.06. The van der Waals surface area contributed by atoms with Crippen molar-refractivity contribution >= 4 is 17.0 Å². The van der Waals surface area contributed by atoms with E-state index in [0.717, 1.165) is 0 Å². The summed E-state index contributed by atoms with van der Waals surface area (Å²) in [5, 5.41) is 0. The molecule has 0 aromatic rings. The molecule has 1 aliphatic heterocycles. The molecule has 0 bridgehead atoms. The monoisotopic (exact) mass is 120 g/mol. The molecule has 1 heterocycles. The van der Waals surface area contributed by atoms with E-state index in [1.165, 1.54) is 0 Å². The summed E-state index contributed by atoms with van der Waals surface area (Å²) in [7, 11) is 0. The lowest BCUT2D eigenvalue weighted by atomic mass is 10.5. The van der Waals surface area contributed by atoms with Gasteiger partial charge in [-0.25, -0.2) is 4.21 Å². The van der Waals surface area contributed by atoms with Crippen LogP contribution in [0.25, 0.3) is 0 Å². The summed E-state index contributed by atoms with van der Waals surface area (Å²) in [6, 6.07) is 0. The third-order valence-corrected chi connectivity index (χ3v) is 1.57. The lowest BCUT2D eigenvalue weighted by Crippen LogP contribution is -1.90. The van der Waals surface area contributed by atoms with Crippen LogP contribution in [0.2, 0.25) is 0 Å². The average Bonchev–Trinajstić information content (AvgIpc) is 1.87. The Balaban J connectivity index is 2.55. The molecule has 4 heteroatoms. The number of carbonyl (C=O) groups excluding carboxylic acids is 1. The van der Waals surface area contributed by atoms with Gasteiger partial charge < -0.3 is 4.18 Å². The number of rotatable bonds is 0. The van der Waals surface area contributed by atoms with Crippen LogP contribution in [0.15, 0.2) is 0 Å². The molecule has 1 saturated heterocycles. The van der Waals surface area contributed by atoms with Crippen LogP contribution < -0.4 is 0 Å². The standard InChI is InChI=1S/C3H4O3S/c4-3-1-2-7(5)6-3/h1-2H2. The van der Waals surface area contributed by atoms with E-state index in [0.29, 0.717) is 12.2 Å². The smallest absolute Gasteiger partial charge is 0.321 e. The first-order valence-corrected chi connectivity index (χ1v) is 3.13. The molecule has 1 fully saturated rings. The molecular weight excluding hydrogens is 116 g/mol. The van der Waals surface area contributed by atoms with Crippen molar-refractivity contribution < 1.29 is 13.2 Å². The quantitative estimate of drug-likeness (QED) is 0.436. The molecular formula is C3H4O3S. The van der Waals surface area contributed by atoms with Gasteiger partial charge in [0.1, 0.15) is 0 Å². The van der Waals surface area contributed by atoms with Crippen LogP contribution in [-0.2, 0) is 20.1 Å². The number of hydrogen-bond donors (Lipinski definition) is 0. The van der Waals surface area contributed by atoms with Gasteiger partial charge in [0.25, 0.3) is 0 Å². The third-order valence-electron chi connectivity index (χ3n) is 0.659. The summed E-state index contributed by atoms with van der Waals surface area (Å²) in [5.41, 5.74) is 0. The van der Waals surface area contributed by atoms with Gasteiger partial charge in [-0.3, -0.25) is 4.79 Å². The second kappa shape index (κ2) is 1.61. The van der Waals surface area contributed by atoms with Crippen LogP contribution >= 0.6 is 0 Å². The summed E-state index contributed by atoms with van der Waals surface area (Å²) in [5.74, 6) is 0.0251. The zero-order valence-corrected chi connectivity index (χ0v) is 4.36. The normalized spacial score (nSPS) is 30.3. The zero-order chi connectivity index (χ0) is 5.28. The van der Waals surface area contributed by atoms with Crippen molar-refractivity contribution in [1.82, 2.24) is 0 Å². The molecule has 0 amide bonds. The van der Waals surface area contributed by atoms with Gasteiger partial charge >= 0.3 is 5.97 Å². The molecule has 0 N–H and O–H groups in total. The Kier molecular flexibility index (Phi) is 1.10. The second-order valence-electron chi connectivity index (χ2n) is 1.21. The molecule has 1 unspecified atom stereocenters. The van der Waals surface area contributed by atoms with E-state index >= 15 is 0 Å². The van der Waals surface area contributed by atoms with Crippen LogP contribution in [0, 0.1) is 0 Å². The van der Waals surface area contributed by atoms with E-state index in [-0.39, 0.29) is 5.97 Å². The van der Waals surface area contributed by atoms with Crippen molar-refractivity contribution in [3.63, 3.8) is 0 Å². The van der Waals surface area contributed by atoms with Crippen LogP contribution in [-0.4, -0.2) is 15.9 Å². The van der Waals surface area contributed by atoms with Gasteiger partial charge in [-0.15, -0.1) is 0 Å². The van der Waals surface area contributed by atoms with Crippen molar-refractivity contribution in [2.24, 2.45) is 0 Å². The lowest BCUT2D eigenvalue weighted by Gasteiger charge is -1.80. The molecule has 0 saturated carbocycles. The Bertz CT molecular complexity index is 105. The predicted molar refractivity (Wildman–Crippen MR) is 23.7 cm³/mol. The molecule has 0 radical (unpaired) electrons. The molecule has 0 aliphatic carbocycles. The highest BCUT2D eigenvalue weighted by molar-refractivity contribution is 7.81. The first kappa shape index (κ1) is 4.77. The minimum absolute atomic E-state index is 0.312. The van der Waals surface area contributed by atoms with Crippen molar-refractivity contribution in [3.05, 3.63) is 0 Å². The SMILES string of the molecule is O=C1CCS(=O)O1. The molecule has 0 spiro atoms. The first-order chi connectivity index (χ1) is 3.29. The molecule has 1 atom stereocenters. The van der Waals surface area contributed by atoms with E-state index in [1.54, 1.807) is 0 Å². The van der Waals surface area contributed by atoms with Gasteiger partial charge in [0.05, 0.1) is 12.2 Å². The van der Waals surface area contributed by atoms with E-state index in [1.807, 2.05) is 0 Å². The highest BCUT2D eigenvalue weighted by Crippen LogP contribution is 2.02. The van der Waals surface area contributed by atoms with E-state index < -0.39 is 11.1 Å². The minimum atomic E-state index is -1.30. The Morgan fingerprint density at radius 3 is 2.57 bits per heavy atom. The summed E-state index contributed by atoms with van der Waals surface area (Å²) in [6.45, 7) is 0. The van der Waals surface area contributed by atoms with Crippen molar-refractivity contribution in [3.8, 4) is 0 Å². The van der Waals surface area contributed by atoms with E-state index in [2.05, 4.69) is 4.18 Å². The first-order valence-electron chi connectivity index (χ1n) is 1.88. The molecule has 3 nitrogen and oxygen atoms in total. The molecule has 0 aromatic heterocycles. The predicted octanol–water partition coefficient (Wildman–Crippen LogP) is -0.403. The second-order valence-corrected chi connectivity index (χ2v) is 2.40. The summed E-state index contributed by atoms with van der Waals surface area (Å²) >= 11 is -1.30. The van der Waals surface area contributed by atoms with Gasteiger partial charge in [-0.05, 0) is 0 Å². The largest absolute Gasteiger partial charge is 0.364 e. The van der Waals surface area contributed by atoms with Gasteiger partial charge in [0.15, 0.2) is 0 Å². The summed E-state index contributed by atoms with van der Waals surface area (Å²) in [4.78, 5) is 10.0. The average molecular weight is 120 g/mol. The van der Waals surface area contributed by atoms with Crippen LogP contribution in [0.5, 0.6) is 0 Å². The topological polar surface area (TPSA) is 43.4 Å². The third kappa shape index (κ3) is 0.991. The molecule has 0 aromatic carbocycles. The molecule has 1 aliphatic rings. The Hall–Kier alpha value is -0.380. The van der Waals surface area contributed by atoms with E-state index in [4.69, 9.17) is 0 Å². The maximum Gasteiger partial charge on any atom is 0.321 e.